The van der Waals surface area contributed by atoms with Crippen molar-refractivity contribution in [2.75, 3.05) is 25.1 Å². The van der Waals surface area contributed by atoms with Gasteiger partial charge in [-0.15, -0.1) is 0 Å². The van der Waals surface area contributed by atoms with Crippen LogP contribution in [0.4, 0.5) is 5.82 Å². The zero-order valence-electron chi connectivity index (χ0n) is 14.2. The van der Waals surface area contributed by atoms with E-state index in [-0.39, 0.29) is 0 Å². The highest BCUT2D eigenvalue weighted by Gasteiger charge is 2.17. The molecule has 4 rings (SSSR count). The molecule has 0 radical (unpaired) electrons. The van der Waals surface area contributed by atoms with Crippen LogP contribution in [0, 0.1) is 12.8 Å². The fourth-order valence-corrected chi connectivity index (χ4v) is 2.94. The Balaban J connectivity index is 1.48. The summed E-state index contributed by atoms with van der Waals surface area (Å²) in [6, 6.07) is 6.26. The molecule has 1 fully saturated rings. The molecule has 1 aliphatic rings. The summed E-state index contributed by atoms with van der Waals surface area (Å²) in [7, 11) is 0. The summed E-state index contributed by atoms with van der Waals surface area (Å²) in [6.45, 7) is 5.00. The molecule has 1 aromatic carbocycles. The molecule has 1 aliphatic heterocycles. The summed E-state index contributed by atoms with van der Waals surface area (Å²) in [5.41, 5.74) is 3.73. The van der Waals surface area contributed by atoms with Crippen LogP contribution >= 0.6 is 0 Å². The van der Waals surface area contributed by atoms with Crippen molar-refractivity contribution in [1.29, 1.82) is 0 Å². The third-order valence-corrected chi connectivity index (χ3v) is 4.39. The molecule has 1 atom stereocenters. The Bertz CT molecular complexity index is 858. The lowest BCUT2D eigenvalue weighted by Gasteiger charge is -2.15. The van der Waals surface area contributed by atoms with Crippen LogP contribution in [0.3, 0.4) is 0 Å². The Morgan fingerprint density at radius 2 is 2.28 bits per heavy atom. The van der Waals surface area contributed by atoms with Crippen molar-refractivity contribution in [3.05, 3.63) is 42.0 Å². The largest absolute Gasteiger partial charge is 0.493 e. The van der Waals surface area contributed by atoms with Gasteiger partial charge in [-0.25, -0.2) is 15.0 Å². The number of aromatic amines is 1. The number of aryl methyl sites for hydroxylation is 1. The summed E-state index contributed by atoms with van der Waals surface area (Å²) in [5.74, 6) is 2.13. The number of ether oxygens (including phenoxy) is 2. The third kappa shape index (κ3) is 3.56. The lowest BCUT2D eigenvalue weighted by Crippen LogP contribution is -2.13. The zero-order valence-corrected chi connectivity index (χ0v) is 14.2. The minimum absolute atomic E-state index is 0.479. The number of hydrogen-bond acceptors (Lipinski definition) is 6. The van der Waals surface area contributed by atoms with Crippen molar-refractivity contribution in [2.24, 2.45) is 5.92 Å². The average molecular weight is 339 g/mol. The van der Waals surface area contributed by atoms with E-state index in [0.29, 0.717) is 24.7 Å². The highest BCUT2D eigenvalue weighted by atomic mass is 16.5. The number of nitrogens with one attached hydrogen (secondary N) is 2. The molecule has 0 amide bonds. The Morgan fingerprint density at radius 1 is 1.32 bits per heavy atom. The number of nitrogens with zero attached hydrogens (tertiary/aromatic N) is 3. The first-order chi connectivity index (χ1) is 12.3. The molecular weight excluding hydrogens is 318 g/mol. The molecule has 3 heterocycles. The van der Waals surface area contributed by atoms with Crippen molar-refractivity contribution in [1.82, 2.24) is 19.9 Å². The molecule has 2 aromatic heterocycles. The molecule has 25 heavy (non-hydrogen) atoms. The molecular formula is C18H21N5O2. The summed E-state index contributed by atoms with van der Waals surface area (Å²) in [5, 5.41) is 3.35. The zero-order chi connectivity index (χ0) is 17.1. The summed E-state index contributed by atoms with van der Waals surface area (Å²) < 4.78 is 11.5. The topological polar surface area (TPSA) is 85.0 Å². The molecule has 0 bridgehead atoms. The SMILES string of the molecule is Cc1ccc(CNc2ncnc3nc[nH]c23)c(OCC2CCOC2)c1. The average Bonchev–Trinajstić information content (AvgIpc) is 3.30. The van der Waals surface area contributed by atoms with E-state index >= 15 is 0 Å². The van der Waals surface area contributed by atoms with Crippen LogP contribution in [0.2, 0.25) is 0 Å². The summed E-state index contributed by atoms with van der Waals surface area (Å²) in [4.78, 5) is 15.6. The van der Waals surface area contributed by atoms with Crippen LogP contribution in [0.5, 0.6) is 5.75 Å². The van der Waals surface area contributed by atoms with E-state index in [1.54, 1.807) is 6.33 Å². The lowest BCUT2D eigenvalue weighted by molar-refractivity contribution is 0.167. The second-order valence-corrected chi connectivity index (χ2v) is 6.33. The van der Waals surface area contributed by atoms with Crippen molar-refractivity contribution in [3.63, 3.8) is 0 Å². The monoisotopic (exact) mass is 339 g/mol. The van der Waals surface area contributed by atoms with Gasteiger partial charge in [0.1, 0.15) is 17.6 Å². The maximum atomic E-state index is 6.09. The quantitative estimate of drug-likeness (QED) is 0.718. The number of H-pyrrole nitrogens is 1. The molecule has 3 aromatic rings. The fraction of sp³-hybridized carbons (Fsp3) is 0.389. The smallest absolute Gasteiger partial charge is 0.182 e. The van der Waals surface area contributed by atoms with E-state index in [1.807, 2.05) is 0 Å². The minimum Gasteiger partial charge on any atom is -0.493 e. The molecule has 1 saturated heterocycles. The minimum atomic E-state index is 0.479. The van der Waals surface area contributed by atoms with Crippen LogP contribution in [-0.4, -0.2) is 39.8 Å². The summed E-state index contributed by atoms with van der Waals surface area (Å²) in [6.07, 6.45) is 4.20. The highest BCUT2D eigenvalue weighted by molar-refractivity contribution is 5.81. The van der Waals surface area contributed by atoms with Gasteiger partial charge in [0.05, 0.1) is 19.5 Å². The van der Waals surface area contributed by atoms with Crippen molar-refractivity contribution in [3.8, 4) is 5.75 Å². The van der Waals surface area contributed by atoms with Crippen LogP contribution < -0.4 is 10.1 Å². The van der Waals surface area contributed by atoms with Crippen molar-refractivity contribution >= 4 is 17.0 Å². The molecule has 7 heteroatoms. The van der Waals surface area contributed by atoms with Gasteiger partial charge in [0.2, 0.25) is 0 Å². The Hall–Kier alpha value is -2.67. The van der Waals surface area contributed by atoms with Gasteiger partial charge in [-0.05, 0) is 25.0 Å². The van der Waals surface area contributed by atoms with Gasteiger partial charge in [-0.2, -0.15) is 0 Å². The molecule has 130 valence electrons. The van der Waals surface area contributed by atoms with Crippen LogP contribution in [0.15, 0.2) is 30.9 Å². The third-order valence-electron chi connectivity index (χ3n) is 4.39. The van der Waals surface area contributed by atoms with Crippen molar-refractivity contribution < 1.29 is 9.47 Å². The predicted octanol–water partition coefficient (Wildman–Crippen LogP) is 2.69. The highest BCUT2D eigenvalue weighted by Crippen LogP contribution is 2.24. The number of anilines is 1. The maximum Gasteiger partial charge on any atom is 0.182 e. The normalized spacial score (nSPS) is 17.1. The number of imidazole rings is 1. The van der Waals surface area contributed by atoms with Crippen LogP contribution in [-0.2, 0) is 11.3 Å². The first-order valence-electron chi connectivity index (χ1n) is 8.47. The first kappa shape index (κ1) is 15.8. The number of hydrogen-bond donors (Lipinski definition) is 2. The molecule has 0 saturated carbocycles. The Kier molecular flexibility index (Phi) is 4.47. The molecule has 0 spiro atoms. The van der Waals surface area contributed by atoms with E-state index in [2.05, 4.69) is 50.4 Å². The summed E-state index contributed by atoms with van der Waals surface area (Å²) >= 11 is 0. The van der Waals surface area contributed by atoms with E-state index < -0.39 is 0 Å². The second-order valence-electron chi connectivity index (χ2n) is 6.33. The molecule has 7 nitrogen and oxygen atoms in total. The van der Waals surface area contributed by atoms with E-state index in [4.69, 9.17) is 9.47 Å². The molecule has 0 aliphatic carbocycles. The molecule has 2 N–H and O–H groups in total. The van der Waals surface area contributed by atoms with Gasteiger partial charge in [0.15, 0.2) is 11.5 Å². The van der Waals surface area contributed by atoms with Crippen LogP contribution in [0.25, 0.3) is 11.2 Å². The van der Waals surface area contributed by atoms with Gasteiger partial charge >= 0.3 is 0 Å². The van der Waals surface area contributed by atoms with Gasteiger partial charge in [-0.3, -0.25) is 0 Å². The van der Waals surface area contributed by atoms with Gasteiger partial charge in [0.25, 0.3) is 0 Å². The Labute approximate surface area is 145 Å². The lowest BCUT2D eigenvalue weighted by atomic mass is 10.1. The Morgan fingerprint density at radius 3 is 3.16 bits per heavy atom. The number of benzene rings is 1. The van der Waals surface area contributed by atoms with E-state index in [0.717, 1.165) is 42.3 Å². The van der Waals surface area contributed by atoms with Gasteiger partial charge in [-0.1, -0.05) is 12.1 Å². The standard InChI is InChI=1S/C18H21N5O2/c1-12-2-3-14(15(6-12)25-9-13-4-5-24-8-13)7-19-17-16-18(21-10-20-16)23-11-22-17/h2-3,6,10-11,13H,4-5,7-9H2,1H3,(H2,19,20,21,22,23). The van der Waals surface area contributed by atoms with Crippen molar-refractivity contribution in [2.45, 2.75) is 19.9 Å². The van der Waals surface area contributed by atoms with Crippen LogP contribution in [0.1, 0.15) is 17.5 Å². The van der Waals surface area contributed by atoms with E-state index in [9.17, 15) is 0 Å². The van der Waals surface area contributed by atoms with Gasteiger partial charge < -0.3 is 19.8 Å². The maximum absolute atomic E-state index is 6.09. The predicted molar refractivity (Wildman–Crippen MR) is 94.6 cm³/mol. The number of fused-ring (bicyclic) bond motifs is 1. The number of aromatic nitrogens is 4. The first-order valence-corrected chi connectivity index (χ1v) is 8.47. The molecule has 1 unspecified atom stereocenters. The second kappa shape index (κ2) is 7.06. The van der Waals surface area contributed by atoms with E-state index in [1.165, 1.54) is 11.9 Å². The van der Waals surface area contributed by atoms with Gasteiger partial charge in [0, 0.05) is 24.6 Å². The fourth-order valence-electron chi connectivity index (χ4n) is 2.94. The number of rotatable bonds is 6.